The second-order valence-corrected chi connectivity index (χ2v) is 5.52. The highest BCUT2D eigenvalue weighted by atomic mass is 79.9. The van der Waals surface area contributed by atoms with Crippen LogP contribution < -0.4 is 5.73 Å². The number of benzene rings is 1. The summed E-state index contributed by atoms with van der Waals surface area (Å²) in [7, 11) is 0. The van der Waals surface area contributed by atoms with Crippen LogP contribution in [-0.2, 0) is 5.41 Å². The van der Waals surface area contributed by atoms with E-state index in [1.807, 2.05) is 12.1 Å². The van der Waals surface area contributed by atoms with E-state index in [0.29, 0.717) is 4.47 Å². The summed E-state index contributed by atoms with van der Waals surface area (Å²) < 4.78 is 14.5. The molecule has 2 rings (SSSR count). The Bertz CT molecular complexity index is 380. The molecule has 1 nitrogen and oxygen atoms in total. The fraction of sp³-hybridized carbons (Fsp3) is 0.500. The van der Waals surface area contributed by atoms with E-state index >= 15 is 0 Å². The van der Waals surface area contributed by atoms with Gasteiger partial charge in [0.2, 0.25) is 0 Å². The van der Waals surface area contributed by atoms with Gasteiger partial charge < -0.3 is 5.73 Å². The van der Waals surface area contributed by atoms with Gasteiger partial charge in [-0.05, 0) is 52.2 Å². The second-order valence-electron chi connectivity index (χ2n) is 4.66. The maximum atomic E-state index is 13.9. The fourth-order valence-electron chi connectivity index (χ4n) is 2.50. The zero-order valence-corrected chi connectivity index (χ0v) is 10.3. The lowest BCUT2D eigenvalue weighted by atomic mass is 9.80. The molecular formula is C12H15BrFN. The quantitative estimate of drug-likeness (QED) is 0.833. The zero-order chi connectivity index (χ0) is 11.1. The summed E-state index contributed by atoms with van der Waals surface area (Å²) in [5, 5.41) is 0. The van der Waals surface area contributed by atoms with Gasteiger partial charge in [-0.1, -0.05) is 19.1 Å². The fourth-order valence-corrected chi connectivity index (χ4v) is 2.87. The van der Waals surface area contributed by atoms with Crippen molar-refractivity contribution >= 4 is 15.9 Å². The third kappa shape index (κ3) is 1.95. The van der Waals surface area contributed by atoms with Crippen molar-refractivity contribution in [1.29, 1.82) is 0 Å². The molecule has 0 heterocycles. The number of rotatable bonds is 1. The monoisotopic (exact) mass is 271 g/mol. The van der Waals surface area contributed by atoms with Crippen LogP contribution in [0.3, 0.4) is 0 Å². The van der Waals surface area contributed by atoms with Gasteiger partial charge in [0.1, 0.15) is 5.82 Å². The van der Waals surface area contributed by atoms with Gasteiger partial charge in [-0.15, -0.1) is 0 Å². The molecule has 1 aliphatic rings. The van der Waals surface area contributed by atoms with Crippen molar-refractivity contribution in [2.75, 3.05) is 0 Å². The second kappa shape index (κ2) is 3.87. The molecule has 0 radical (unpaired) electrons. The SMILES string of the molecule is CC1(c2cccc(Br)c2F)CCC(N)C1. The van der Waals surface area contributed by atoms with Crippen molar-refractivity contribution in [2.24, 2.45) is 5.73 Å². The van der Waals surface area contributed by atoms with E-state index in [0.717, 1.165) is 24.8 Å². The molecule has 0 spiro atoms. The average Bonchev–Trinajstić information content (AvgIpc) is 2.52. The van der Waals surface area contributed by atoms with Crippen LogP contribution in [0.25, 0.3) is 0 Å². The summed E-state index contributed by atoms with van der Waals surface area (Å²) in [6.07, 6.45) is 2.84. The normalized spacial score (nSPS) is 30.8. The van der Waals surface area contributed by atoms with Gasteiger partial charge >= 0.3 is 0 Å². The summed E-state index contributed by atoms with van der Waals surface area (Å²) in [4.78, 5) is 0. The number of nitrogens with two attached hydrogens (primary N) is 1. The van der Waals surface area contributed by atoms with Gasteiger partial charge in [-0.25, -0.2) is 4.39 Å². The zero-order valence-electron chi connectivity index (χ0n) is 8.76. The maximum Gasteiger partial charge on any atom is 0.141 e. The Balaban J connectivity index is 2.41. The molecule has 15 heavy (non-hydrogen) atoms. The van der Waals surface area contributed by atoms with E-state index in [1.54, 1.807) is 6.07 Å². The molecule has 0 bridgehead atoms. The maximum absolute atomic E-state index is 13.9. The molecule has 2 N–H and O–H groups in total. The van der Waals surface area contributed by atoms with Crippen molar-refractivity contribution in [2.45, 2.75) is 37.6 Å². The lowest BCUT2D eigenvalue weighted by Crippen LogP contribution is -2.23. The van der Waals surface area contributed by atoms with Crippen LogP contribution in [0.15, 0.2) is 22.7 Å². The van der Waals surface area contributed by atoms with Gasteiger partial charge in [0, 0.05) is 6.04 Å². The Morgan fingerprint density at radius 2 is 2.27 bits per heavy atom. The van der Waals surface area contributed by atoms with Crippen molar-refractivity contribution in [3.05, 3.63) is 34.1 Å². The molecule has 1 aromatic rings. The van der Waals surface area contributed by atoms with Gasteiger partial charge in [-0.2, -0.15) is 0 Å². The lowest BCUT2D eigenvalue weighted by molar-refractivity contribution is 0.449. The average molecular weight is 272 g/mol. The van der Waals surface area contributed by atoms with E-state index in [-0.39, 0.29) is 17.3 Å². The molecular weight excluding hydrogens is 257 g/mol. The van der Waals surface area contributed by atoms with E-state index < -0.39 is 0 Å². The first-order valence-corrected chi connectivity index (χ1v) is 6.02. The highest BCUT2D eigenvalue weighted by molar-refractivity contribution is 9.10. The van der Waals surface area contributed by atoms with Crippen molar-refractivity contribution < 1.29 is 4.39 Å². The van der Waals surface area contributed by atoms with Crippen LogP contribution in [0.2, 0.25) is 0 Å². The number of hydrogen-bond donors (Lipinski definition) is 1. The first-order chi connectivity index (χ1) is 7.03. The van der Waals surface area contributed by atoms with Crippen LogP contribution >= 0.6 is 15.9 Å². The predicted molar refractivity (Wildman–Crippen MR) is 63.3 cm³/mol. The van der Waals surface area contributed by atoms with E-state index in [2.05, 4.69) is 22.9 Å². The highest BCUT2D eigenvalue weighted by Gasteiger charge is 2.37. The predicted octanol–water partition coefficient (Wildman–Crippen LogP) is 3.36. The van der Waals surface area contributed by atoms with Crippen LogP contribution in [0, 0.1) is 5.82 Å². The molecule has 3 heteroatoms. The molecule has 1 aliphatic carbocycles. The highest BCUT2D eigenvalue weighted by Crippen LogP contribution is 2.42. The summed E-state index contributed by atoms with van der Waals surface area (Å²) in [5.41, 5.74) is 6.61. The third-order valence-corrected chi connectivity index (χ3v) is 3.99. The Morgan fingerprint density at radius 1 is 1.53 bits per heavy atom. The largest absolute Gasteiger partial charge is 0.328 e. The smallest absolute Gasteiger partial charge is 0.141 e. The minimum atomic E-state index is -0.130. The first-order valence-electron chi connectivity index (χ1n) is 5.23. The molecule has 82 valence electrons. The topological polar surface area (TPSA) is 26.0 Å². The van der Waals surface area contributed by atoms with Crippen LogP contribution in [0.1, 0.15) is 31.7 Å². The Kier molecular flexibility index (Phi) is 2.86. The first kappa shape index (κ1) is 11.1. The molecule has 2 atom stereocenters. The summed E-state index contributed by atoms with van der Waals surface area (Å²) >= 11 is 3.23. The summed E-state index contributed by atoms with van der Waals surface area (Å²) in [6, 6.07) is 5.71. The standard InChI is InChI=1S/C12H15BrFN/c1-12(6-5-8(15)7-12)9-3-2-4-10(13)11(9)14/h2-4,8H,5-7,15H2,1H3. The minimum Gasteiger partial charge on any atom is -0.328 e. The Hall–Kier alpha value is -0.410. The molecule has 0 saturated heterocycles. The molecule has 1 fully saturated rings. The third-order valence-electron chi connectivity index (χ3n) is 3.38. The summed E-state index contributed by atoms with van der Waals surface area (Å²) in [5.74, 6) is -0.130. The minimum absolute atomic E-state index is 0.0900. The molecule has 0 aromatic heterocycles. The lowest BCUT2D eigenvalue weighted by Gasteiger charge is -2.25. The van der Waals surface area contributed by atoms with E-state index in [9.17, 15) is 4.39 Å². The number of hydrogen-bond acceptors (Lipinski definition) is 1. The van der Waals surface area contributed by atoms with Crippen LogP contribution in [0.4, 0.5) is 4.39 Å². The van der Waals surface area contributed by atoms with E-state index in [4.69, 9.17) is 5.73 Å². The Morgan fingerprint density at radius 3 is 2.87 bits per heavy atom. The van der Waals surface area contributed by atoms with Crippen molar-refractivity contribution in [1.82, 2.24) is 0 Å². The van der Waals surface area contributed by atoms with Crippen LogP contribution in [0.5, 0.6) is 0 Å². The van der Waals surface area contributed by atoms with Crippen LogP contribution in [-0.4, -0.2) is 6.04 Å². The van der Waals surface area contributed by atoms with Crippen molar-refractivity contribution in [3.63, 3.8) is 0 Å². The Labute approximate surface area is 98.0 Å². The van der Waals surface area contributed by atoms with E-state index in [1.165, 1.54) is 0 Å². The van der Waals surface area contributed by atoms with Gasteiger partial charge in [0.05, 0.1) is 4.47 Å². The van der Waals surface area contributed by atoms with Gasteiger partial charge in [0.25, 0.3) is 0 Å². The molecule has 2 unspecified atom stereocenters. The molecule has 0 amide bonds. The summed E-state index contributed by atoms with van der Waals surface area (Å²) in [6.45, 7) is 2.10. The van der Waals surface area contributed by atoms with Gasteiger partial charge in [0.15, 0.2) is 0 Å². The number of halogens is 2. The molecule has 1 aromatic carbocycles. The molecule has 1 saturated carbocycles. The van der Waals surface area contributed by atoms with Gasteiger partial charge in [-0.3, -0.25) is 0 Å². The molecule has 0 aliphatic heterocycles. The van der Waals surface area contributed by atoms with Crippen molar-refractivity contribution in [3.8, 4) is 0 Å².